The summed E-state index contributed by atoms with van der Waals surface area (Å²) in [6, 6.07) is 3.22. The van der Waals surface area contributed by atoms with Crippen LogP contribution in [0.3, 0.4) is 0 Å². The second-order valence-corrected chi connectivity index (χ2v) is 5.73. The van der Waals surface area contributed by atoms with Gasteiger partial charge in [-0.05, 0) is 44.6 Å². The molecule has 0 radical (unpaired) electrons. The normalized spacial score (nSPS) is 16.2. The molecule has 1 aliphatic carbocycles. The standard InChI is InChI=1S/C16H23F2NO/c1-11(7-8-19-12-4-5-12)3-6-14-15(17)9-13(20-2)10-16(14)18/h9-12,19H,3-8H2,1-2H3. The Morgan fingerprint density at radius 2 is 1.90 bits per heavy atom. The van der Waals surface area contributed by atoms with Crippen molar-refractivity contribution in [2.75, 3.05) is 13.7 Å². The van der Waals surface area contributed by atoms with E-state index < -0.39 is 11.6 Å². The minimum Gasteiger partial charge on any atom is -0.497 e. The Morgan fingerprint density at radius 1 is 1.25 bits per heavy atom. The molecule has 1 aliphatic rings. The molecule has 1 saturated carbocycles. The summed E-state index contributed by atoms with van der Waals surface area (Å²) in [5.74, 6) is -0.331. The number of halogens is 2. The third-order valence-electron chi connectivity index (χ3n) is 3.88. The Bertz CT molecular complexity index is 423. The van der Waals surface area contributed by atoms with E-state index in [9.17, 15) is 8.78 Å². The quantitative estimate of drug-likeness (QED) is 0.785. The summed E-state index contributed by atoms with van der Waals surface area (Å²) < 4.78 is 32.4. The van der Waals surface area contributed by atoms with E-state index in [1.807, 2.05) is 0 Å². The first-order valence-electron chi connectivity index (χ1n) is 7.35. The molecule has 20 heavy (non-hydrogen) atoms. The maximum absolute atomic E-state index is 13.8. The fraction of sp³-hybridized carbons (Fsp3) is 0.625. The number of hydrogen-bond acceptors (Lipinski definition) is 2. The number of hydrogen-bond donors (Lipinski definition) is 1. The first kappa shape index (κ1) is 15.2. The SMILES string of the molecule is COc1cc(F)c(CCC(C)CCNC2CC2)c(F)c1. The third-order valence-corrected chi connectivity index (χ3v) is 3.88. The first-order chi connectivity index (χ1) is 9.60. The van der Waals surface area contributed by atoms with E-state index in [1.165, 1.54) is 32.1 Å². The van der Waals surface area contributed by atoms with E-state index >= 15 is 0 Å². The van der Waals surface area contributed by atoms with Gasteiger partial charge in [0.05, 0.1) is 7.11 Å². The summed E-state index contributed by atoms with van der Waals surface area (Å²) in [5.41, 5.74) is 0.174. The Balaban J connectivity index is 1.79. The topological polar surface area (TPSA) is 21.3 Å². The molecule has 1 atom stereocenters. The lowest BCUT2D eigenvalue weighted by atomic mass is 9.97. The molecule has 0 bridgehead atoms. The van der Waals surface area contributed by atoms with Crippen molar-refractivity contribution in [1.82, 2.24) is 5.32 Å². The van der Waals surface area contributed by atoms with Crippen LogP contribution in [0, 0.1) is 17.6 Å². The van der Waals surface area contributed by atoms with E-state index in [0.717, 1.165) is 25.4 Å². The summed E-state index contributed by atoms with van der Waals surface area (Å²) in [6.45, 7) is 3.13. The minimum atomic E-state index is -0.509. The van der Waals surface area contributed by atoms with Crippen LogP contribution in [-0.2, 0) is 6.42 Å². The van der Waals surface area contributed by atoms with Crippen LogP contribution in [0.5, 0.6) is 5.75 Å². The van der Waals surface area contributed by atoms with Gasteiger partial charge in [0.1, 0.15) is 17.4 Å². The average molecular weight is 283 g/mol. The van der Waals surface area contributed by atoms with E-state index in [-0.39, 0.29) is 11.3 Å². The zero-order valence-corrected chi connectivity index (χ0v) is 12.2. The Labute approximate surface area is 119 Å². The molecule has 2 nitrogen and oxygen atoms in total. The largest absolute Gasteiger partial charge is 0.497 e. The van der Waals surface area contributed by atoms with Gasteiger partial charge in [-0.1, -0.05) is 6.92 Å². The molecule has 1 fully saturated rings. The van der Waals surface area contributed by atoms with Gasteiger partial charge in [-0.2, -0.15) is 0 Å². The summed E-state index contributed by atoms with van der Waals surface area (Å²) in [5, 5.41) is 3.46. The van der Waals surface area contributed by atoms with Crippen molar-refractivity contribution in [1.29, 1.82) is 0 Å². The van der Waals surface area contributed by atoms with Crippen LogP contribution in [0.15, 0.2) is 12.1 Å². The number of rotatable bonds is 8. The van der Waals surface area contributed by atoms with Crippen molar-refractivity contribution in [2.45, 2.75) is 45.1 Å². The Morgan fingerprint density at radius 3 is 2.45 bits per heavy atom. The van der Waals surface area contributed by atoms with Crippen LogP contribution in [0.25, 0.3) is 0 Å². The van der Waals surface area contributed by atoms with Gasteiger partial charge < -0.3 is 10.1 Å². The molecular formula is C16H23F2NO. The van der Waals surface area contributed by atoms with E-state index in [2.05, 4.69) is 12.2 Å². The molecule has 1 aromatic carbocycles. The van der Waals surface area contributed by atoms with Crippen LogP contribution >= 0.6 is 0 Å². The number of methoxy groups -OCH3 is 1. The van der Waals surface area contributed by atoms with Gasteiger partial charge in [0.15, 0.2) is 0 Å². The molecule has 0 spiro atoms. The van der Waals surface area contributed by atoms with Crippen molar-refractivity contribution < 1.29 is 13.5 Å². The average Bonchev–Trinajstić information content (AvgIpc) is 3.21. The van der Waals surface area contributed by atoms with Gasteiger partial charge in [-0.3, -0.25) is 0 Å². The van der Waals surface area contributed by atoms with Crippen LogP contribution in [0.2, 0.25) is 0 Å². The van der Waals surface area contributed by atoms with Gasteiger partial charge in [-0.15, -0.1) is 0 Å². The first-order valence-corrected chi connectivity index (χ1v) is 7.35. The second-order valence-electron chi connectivity index (χ2n) is 5.73. The molecule has 0 heterocycles. The van der Waals surface area contributed by atoms with Gasteiger partial charge >= 0.3 is 0 Å². The fourth-order valence-electron chi connectivity index (χ4n) is 2.29. The Kier molecular flexibility index (Phi) is 5.35. The predicted molar refractivity (Wildman–Crippen MR) is 76.0 cm³/mol. The highest BCUT2D eigenvalue weighted by Crippen LogP contribution is 2.23. The van der Waals surface area contributed by atoms with E-state index in [4.69, 9.17) is 4.74 Å². The molecule has 1 aromatic rings. The van der Waals surface area contributed by atoms with E-state index in [1.54, 1.807) is 0 Å². The van der Waals surface area contributed by atoms with Crippen molar-refractivity contribution in [2.24, 2.45) is 5.92 Å². The lowest BCUT2D eigenvalue weighted by Gasteiger charge is -2.13. The summed E-state index contributed by atoms with van der Waals surface area (Å²) in [6.07, 6.45) is 4.86. The van der Waals surface area contributed by atoms with E-state index in [0.29, 0.717) is 12.3 Å². The van der Waals surface area contributed by atoms with Crippen molar-refractivity contribution in [3.63, 3.8) is 0 Å². The molecule has 112 valence electrons. The van der Waals surface area contributed by atoms with Crippen molar-refractivity contribution in [3.8, 4) is 5.75 Å². The van der Waals surface area contributed by atoms with Crippen LogP contribution in [0.4, 0.5) is 8.78 Å². The second kappa shape index (κ2) is 7.02. The fourth-order valence-corrected chi connectivity index (χ4v) is 2.29. The molecule has 4 heteroatoms. The molecule has 0 aliphatic heterocycles. The highest BCUT2D eigenvalue weighted by molar-refractivity contribution is 5.30. The molecule has 0 amide bonds. The summed E-state index contributed by atoms with van der Waals surface area (Å²) >= 11 is 0. The highest BCUT2D eigenvalue weighted by atomic mass is 19.1. The zero-order valence-electron chi connectivity index (χ0n) is 12.2. The molecule has 1 unspecified atom stereocenters. The van der Waals surface area contributed by atoms with Crippen LogP contribution in [0.1, 0.15) is 38.2 Å². The molecule has 1 N–H and O–H groups in total. The minimum absolute atomic E-state index is 0.174. The van der Waals surface area contributed by atoms with Gasteiger partial charge in [-0.25, -0.2) is 8.78 Å². The third kappa shape index (κ3) is 4.44. The number of nitrogens with one attached hydrogen (secondary N) is 1. The highest BCUT2D eigenvalue weighted by Gasteiger charge is 2.20. The molecule has 0 aromatic heterocycles. The predicted octanol–water partition coefficient (Wildman–Crippen LogP) is 3.68. The Hall–Kier alpha value is -1.16. The van der Waals surface area contributed by atoms with Gasteiger partial charge in [0.25, 0.3) is 0 Å². The van der Waals surface area contributed by atoms with Crippen LogP contribution in [-0.4, -0.2) is 19.7 Å². The van der Waals surface area contributed by atoms with Crippen LogP contribution < -0.4 is 10.1 Å². The lowest BCUT2D eigenvalue weighted by Crippen LogP contribution is -2.19. The van der Waals surface area contributed by atoms with Crippen molar-refractivity contribution >= 4 is 0 Å². The monoisotopic (exact) mass is 283 g/mol. The maximum Gasteiger partial charge on any atom is 0.133 e. The molecule has 2 rings (SSSR count). The zero-order chi connectivity index (χ0) is 14.5. The summed E-state index contributed by atoms with van der Waals surface area (Å²) in [7, 11) is 1.41. The van der Waals surface area contributed by atoms with Gasteiger partial charge in [0.2, 0.25) is 0 Å². The smallest absolute Gasteiger partial charge is 0.133 e. The summed E-state index contributed by atoms with van der Waals surface area (Å²) in [4.78, 5) is 0. The molecule has 0 saturated heterocycles. The van der Waals surface area contributed by atoms with Gasteiger partial charge in [0, 0.05) is 23.7 Å². The van der Waals surface area contributed by atoms with Crippen molar-refractivity contribution in [3.05, 3.63) is 29.3 Å². The maximum atomic E-state index is 13.8. The molecular weight excluding hydrogens is 260 g/mol. The number of ether oxygens (including phenoxy) is 1. The number of benzene rings is 1. The lowest BCUT2D eigenvalue weighted by molar-refractivity contribution is 0.403.